The van der Waals surface area contributed by atoms with Crippen molar-refractivity contribution in [1.82, 2.24) is 0 Å². The lowest BCUT2D eigenvalue weighted by molar-refractivity contribution is 0.0598. The van der Waals surface area contributed by atoms with Gasteiger partial charge in [0.15, 0.2) is 0 Å². The molecular formula is C14H22ClNO3Si. The van der Waals surface area contributed by atoms with Crippen LogP contribution in [0.15, 0.2) is 12.1 Å². The predicted molar refractivity (Wildman–Crippen MR) is 85.0 cm³/mol. The highest BCUT2D eigenvalue weighted by Gasteiger charge is 2.40. The molecule has 0 aromatic heterocycles. The van der Waals surface area contributed by atoms with E-state index in [2.05, 4.69) is 33.9 Å². The Bertz CT molecular complexity index is 524. The molecule has 0 radical (unpaired) electrons. The van der Waals surface area contributed by atoms with Crippen molar-refractivity contribution < 1.29 is 14.0 Å². The van der Waals surface area contributed by atoms with Gasteiger partial charge in [-0.05, 0) is 30.3 Å². The van der Waals surface area contributed by atoms with Gasteiger partial charge in [0, 0.05) is 5.02 Å². The van der Waals surface area contributed by atoms with Gasteiger partial charge < -0.3 is 14.9 Å². The summed E-state index contributed by atoms with van der Waals surface area (Å²) in [6, 6.07) is 3.10. The third kappa shape index (κ3) is 3.46. The number of carbonyl (C=O) groups is 1. The molecule has 0 unspecified atom stereocenters. The highest BCUT2D eigenvalue weighted by molar-refractivity contribution is 6.74. The maximum atomic E-state index is 11.9. The molecule has 0 aliphatic heterocycles. The minimum atomic E-state index is -2.12. The molecular weight excluding hydrogens is 294 g/mol. The lowest BCUT2D eigenvalue weighted by atomic mass is 10.2. The van der Waals surface area contributed by atoms with Gasteiger partial charge in [-0.2, -0.15) is 0 Å². The zero-order valence-corrected chi connectivity index (χ0v) is 14.6. The predicted octanol–water partition coefficient (Wildman–Crippen LogP) is 4.09. The van der Waals surface area contributed by atoms with Crippen LogP contribution in [-0.2, 0) is 4.74 Å². The second kappa shape index (κ2) is 5.66. The Kier molecular flexibility index (Phi) is 4.76. The number of nitrogen functional groups attached to an aromatic ring is 1. The van der Waals surface area contributed by atoms with Crippen LogP contribution in [0, 0.1) is 0 Å². The summed E-state index contributed by atoms with van der Waals surface area (Å²) >= 11 is 5.95. The van der Waals surface area contributed by atoms with Crippen LogP contribution in [0.2, 0.25) is 23.2 Å². The molecule has 0 saturated heterocycles. The van der Waals surface area contributed by atoms with Crippen LogP contribution < -0.4 is 10.2 Å². The first-order valence-corrected chi connectivity index (χ1v) is 9.64. The number of ether oxygens (including phenoxy) is 1. The number of halogens is 1. The number of rotatable bonds is 3. The van der Waals surface area contributed by atoms with Crippen LogP contribution in [0.25, 0.3) is 0 Å². The Labute approximate surface area is 126 Å². The zero-order valence-electron chi connectivity index (χ0n) is 12.8. The monoisotopic (exact) mass is 315 g/mol. The molecule has 0 atom stereocenters. The molecule has 0 heterocycles. The first-order chi connectivity index (χ1) is 8.99. The third-order valence-electron chi connectivity index (χ3n) is 3.65. The molecule has 2 N–H and O–H groups in total. The maximum absolute atomic E-state index is 11.9. The van der Waals surface area contributed by atoms with Gasteiger partial charge in [-0.25, -0.2) is 4.79 Å². The first-order valence-electron chi connectivity index (χ1n) is 6.36. The molecule has 0 amide bonds. The summed E-state index contributed by atoms with van der Waals surface area (Å²) in [7, 11) is -0.800. The van der Waals surface area contributed by atoms with E-state index in [-0.39, 0.29) is 10.6 Å². The number of esters is 1. The summed E-state index contributed by atoms with van der Waals surface area (Å²) in [6.07, 6.45) is 0. The molecule has 1 rings (SSSR count). The Balaban J connectivity index is 3.34. The van der Waals surface area contributed by atoms with E-state index in [9.17, 15) is 4.79 Å². The van der Waals surface area contributed by atoms with Gasteiger partial charge in [-0.15, -0.1) is 0 Å². The standard InChI is InChI=1S/C14H22ClNO3Si/c1-14(2,3)20(5,6)19-12-10(13(17)18-4)7-9(15)8-11(12)16/h7-8H,16H2,1-6H3. The average molecular weight is 316 g/mol. The van der Waals surface area contributed by atoms with Gasteiger partial charge in [0.2, 0.25) is 0 Å². The van der Waals surface area contributed by atoms with Crippen molar-refractivity contribution in [2.24, 2.45) is 0 Å². The highest BCUT2D eigenvalue weighted by atomic mass is 35.5. The molecule has 0 saturated carbocycles. The number of benzene rings is 1. The molecule has 112 valence electrons. The maximum Gasteiger partial charge on any atom is 0.341 e. The number of hydrogen-bond acceptors (Lipinski definition) is 4. The van der Waals surface area contributed by atoms with E-state index >= 15 is 0 Å². The van der Waals surface area contributed by atoms with E-state index in [4.69, 9.17) is 26.5 Å². The van der Waals surface area contributed by atoms with Crippen molar-refractivity contribution in [3.63, 3.8) is 0 Å². The van der Waals surface area contributed by atoms with Crippen molar-refractivity contribution in [2.75, 3.05) is 12.8 Å². The molecule has 0 bridgehead atoms. The van der Waals surface area contributed by atoms with E-state index in [1.54, 1.807) is 6.07 Å². The second-order valence-corrected chi connectivity index (χ2v) is 11.4. The van der Waals surface area contributed by atoms with Gasteiger partial charge in [-0.1, -0.05) is 32.4 Å². The number of hydrogen-bond donors (Lipinski definition) is 1. The summed E-state index contributed by atoms with van der Waals surface area (Å²) in [5.74, 6) is -0.138. The van der Waals surface area contributed by atoms with Gasteiger partial charge in [-0.3, -0.25) is 0 Å². The third-order valence-corrected chi connectivity index (χ3v) is 8.20. The summed E-state index contributed by atoms with van der Waals surface area (Å²) in [6.45, 7) is 10.5. The van der Waals surface area contributed by atoms with Crippen molar-refractivity contribution in [3.05, 3.63) is 22.7 Å². The second-order valence-electron chi connectivity index (χ2n) is 6.23. The van der Waals surface area contributed by atoms with Crippen molar-refractivity contribution in [1.29, 1.82) is 0 Å². The molecule has 0 spiro atoms. The molecule has 20 heavy (non-hydrogen) atoms. The molecule has 1 aromatic carbocycles. The van der Waals surface area contributed by atoms with E-state index in [1.807, 2.05) is 0 Å². The number of methoxy groups -OCH3 is 1. The van der Waals surface area contributed by atoms with E-state index in [0.717, 1.165) is 0 Å². The average Bonchev–Trinajstić information content (AvgIpc) is 2.29. The number of carbonyl (C=O) groups excluding carboxylic acids is 1. The lowest BCUT2D eigenvalue weighted by Crippen LogP contribution is -2.44. The first kappa shape index (κ1) is 16.9. The molecule has 4 nitrogen and oxygen atoms in total. The van der Waals surface area contributed by atoms with Crippen molar-refractivity contribution >= 4 is 31.6 Å². The Morgan fingerprint density at radius 1 is 1.30 bits per heavy atom. The molecule has 0 aliphatic carbocycles. The van der Waals surface area contributed by atoms with E-state index in [0.29, 0.717) is 16.5 Å². The minimum Gasteiger partial charge on any atom is -0.542 e. The molecule has 0 fully saturated rings. The van der Waals surface area contributed by atoms with Crippen molar-refractivity contribution in [2.45, 2.75) is 38.9 Å². The Morgan fingerprint density at radius 2 is 1.85 bits per heavy atom. The van der Waals surface area contributed by atoms with Crippen LogP contribution in [0.5, 0.6) is 5.75 Å². The number of anilines is 1. The normalized spacial score (nSPS) is 12.2. The largest absolute Gasteiger partial charge is 0.542 e. The summed E-state index contributed by atoms with van der Waals surface area (Å²) in [5.41, 5.74) is 6.59. The molecule has 0 aliphatic rings. The van der Waals surface area contributed by atoms with Crippen LogP contribution in [0.1, 0.15) is 31.1 Å². The van der Waals surface area contributed by atoms with Gasteiger partial charge in [0.05, 0.1) is 12.8 Å². The van der Waals surface area contributed by atoms with E-state index < -0.39 is 14.3 Å². The quantitative estimate of drug-likeness (QED) is 0.518. The fraction of sp³-hybridized carbons (Fsp3) is 0.500. The van der Waals surface area contributed by atoms with Crippen LogP contribution in [0.4, 0.5) is 5.69 Å². The SMILES string of the molecule is COC(=O)c1cc(Cl)cc(N)c1O[Si](C)(C)C(C)(C)C. The van der Waals surface area contributed by atoms with Gasteiger partial charge >= 0.3 is 5.97 Å². The van der Waals surface area contributed by atoms with Crippen LogP contribution in [-0.4, -0.2) is 21.4 Å². The van der Waals surface area contributed by atoms with Gasteiger partial charge in [0.25, 0.3) is 8.32 Å². The van der Waals surface area contributed by atoms with Crippen LogP contribution in [0.3, 0.4) is 0 Å². The Morgan fingerprint density at radius 3 is 2.30 bits per heavy atom. The van der Waals surface area contributed by atoms with Crippen molar-refractivity contribution in [3.8, 4) is 5.75 Å². The summed E-state index contributed by atoms with van der Waals surface area (Å²) < 4.78 is 10.9. The number of nitrogens with two attached hydrogens (primary N) is 1. The summed E-state index contributed by atoms with van der Waals surface area (Å²) in [4.78, 5) is 11.9. The molecule has 1 aromatic rings. The van der Waals surface area contributed by atoms with Gasteiger partial charge in [0.1, 0.15) is 11.3 Å². The smallest absolute Gasteiger partial charge is 0.341 e. The fourth-order valence-electron chi connectivity index (χ4n) is 1.40. The van der Waals surface area contributed by atoms with E-state index in [1.165, 1.54) is 13.2 Å². The zero-order chi connectivity index (χ0) is 15.7. The highest BCUT2D eigenvalue weighted by Crippen LogP contribution is 2.41. The minimum absolute atomic E-state index is 0.00747. The lowest BCUT2D eigenvalue weighted by Gasteiger charge is -2.37. The van der Waals surface area contributed by atoms with Crippen LogP contribution >= 0.6 is 11.6 Å². The molecule has 6 heteroatoms. The summed E-state index contributed by atoms with van der Waals surface area (Å²) in [5, 5.41) is 0.373. The Hall–Kier alpha value is -1.20. The topological polar surface area (TPSA) is 61.5 Å². The fourth-order valence-corrected chi connectivity index (χ4v) is 2.67.